The summed E-state index contributed by atoms with van der Waals surface area (Å²) in [4.78, 5) is 27.4. The molecule has 8 nitrogen and oxygen atoms in total. The average Bonchev–Trinajstić information content (AvgIpc) is 3.15. The lowest BCUT2D eigenvalue weighted by atomic mass is 10.1. The molecule has 0 saturated carbocycles. The molecule has 0 atom stereocenters. The molecule has 0 saturated heterocycles. The van der Waals surface area contributed by atoms with Crippen molar-refractivity contribution in [3.05, 3.63) is 63.0 Å². The third-order valence-electron chi connectivity index (χ3n) is 4.07. The Labute approximate surface area is 164 Å². The molecule has 1 heterocycles. The Bertz CT molecular complexity index is 1050. The van der Waals surface area contributed by atoms with Gasteiger partial charge in [0.1, 0.15) is 0 Å². The fourth-order valence-corrected chi connectivity index (χ4v) is 3.29. The van der Waals surface area contributed by atoms with Crippen molar-refractivity contribution in [3.8, 4) is 22.8 Å². The van der Waals surface area contributed by atoms with Gasteiger partial charge in [0.05, 0.1) is 24.8 Å². The summed E-state index contributed by atoms with van der Waals surface area (Å²) >= 11 is 1.26. The largest absolute Gasteiger partial charge is 0.493 e. The number of carbonyl (C=O) groups excluding carboxylic acids is 1. The summed E-state index contributed by atoms with van der Waals surface area (Å²) in [6.07, 6.45) is 0. The van der Waals surface area contributed by atoms with Crippen LogP contribution in [0.3, 0.4) is 0 Å². The summed E-state index contributed by atoms with van der Waals surface area (Å²) in [5.41, 5.74) is 2.06. The molecule has 0 bridgehead atoms. The van der Waals surface area contributed by atoms with Crippen LogP contribution in [0.25, 0.3) is 11.3 Å². The van der Waals surface area contributed by atoms with E-state index in [1.54, 1.807) is 50.8 Å². The molecule has 144 valence electrons. The van der Waals surface area contributed by atoms with E-state index in [4.69, 9.17) is 9.47 Å². The number of carbonyl (C=O) groups is 1. The van der Waals surface area contributed by atoms with Gasteiger partial charge in [0, 0.05) is 28.1 Å². The summed E-state index contributed by atoms with van der Waals surface area (Å²) < 4.78 is 10.5. The van der Waals surface area contributed by atoms with Gasteiger partial charge in [-0.1, -0.05) is 6.07 Å². The van der Waals surface area contributed by atoms with Gasteiger partial charge in [-0.2, -0.15) is 0 Å². The molecule has 2 aromatic carbocycles. The van der Waals surface area contributed by atoms with Gasteiger partial charge in [0.15, 0.2) is 16.6 Å². The number of anilines is 1. The molecule has 28 heavy (non-hydrogen) atoms. The third-order valence-corrected chi connectivity index (χ3v) is 4.83. The molecule has 1 amide bonds. The molecule has 0 aliphatic carbocycles. The van der Waals surface area contributed by atoms with E-state index < -0.39 is 10.8 Å². The first-order chi connectivity index (χ1) is 13.4. The summed E-state index contributed by atoms with van der Waals surface area (Å²) in [5, 5.41) is 15.9. The number of thiazole rings is 1. The molecule has 0 aliphatic heterocycles. The predicted octanol–water partition coefficient (Wildman–Crippen LogP) is 4.30. The Morgan fingerprint density at radius 1 is 1.14 bits per heavy atom. The van der Waals surface area contributed by atoms with Gasteiger partial charge in [0.25, 0.3) is 11.6 Å². The number of nitrogens with one attached hydrogen (secondary N) is 1. The van der Waals surface area contributed by atoms with E-state index in [0.29, 0.717) is 27.9 Å². The first-order valence-electron chi connectivity index (χ1n) is 8.17. The highest BCUT2D eigenvalue weighted by atomic mass is 32.1. The fraction of sp³-hybridized carbons (Fsp3) is 0.158. The normalized spacial score (nSPS) is 10.4. The second kappa shape index (κ2) is 8.05. The van der Waals surface area contributed by atoms with Crippen molar-refractivity contribution in [2.45, 2.75) is 6.92 Å². The number of hydrogen-bond acceptors (Lipinski definition) is 7. The maximum atomic E-state index is 12.4. The lowest BCUT2D eigenvalue weighted by Gasteiger charge is -2.08. The van der Waals surface area contributed by atoms with Crippen LogP contribution in [-0.2, 0) is 0 Å². The Kier molecular flexibility index (Phi) is 5.55. The highest BCUT2D eigenvalue weighted by Crippen LogP contribution is 2.33. The second-order valence-electron chi connectivity index (χ2n) is 5.82. The van der Waals surface area contributed by atoms with Gasteiger partial charge < -0.3 is 9.47 Å². The SMILES string of the molecule is COc1ccc(-c2csc(NC(=O)c3ccc(C)c([N+](=O)[O-])c3)n2)cc1OC. The number of amides is 1. The van der Waals surface area contributed by atoms with Crippen molar-refractivity contribution in [2.24, 2.45) is 0 Å². The highest BCUT2D eigenvalue weighted by molar-refractivity contribution is 7.14. The first-order valence-corrected chi connectivity index (χ1v) is 9.05. The van der Waals surface area contributed by atoms with Crippen LogP contribution in [0.2, 0.25) is 0 Å². The number of benzene rings is 2. The number of ether oxygens (including phenoxy) is 2. The van der Waals surface area contributed by atoms with Crippen LogP contribution in [0.5, 0.6) is 11.5 Å². The molecule has 1 aromatic heterocycles. The first kappa shape index (κ1) is 19.3. The van der Waals surface area contributed by atoms with Crippen LogP contribution in [0.1, 0.15) is 15.9 Å². The molecule has 3 aromatic rings. The Morgan fingerprint density at radius 3 is 2.57 bits per heavy atom. The zero-order valence-corrected chi connectivity index (χ0v) is 16.2. The molecule has 9 heteroatoms. The van der Waals surface area contributed by atoms with Crippen molar-refractivity contribution in [2.75, 3.05) is 19.5 Å². The number of nitrogens with zero attached hydrogens (tertiary/aromatic N) is 2. The quantitative estimate of drug-likeness (QED) is 0.490. The molecular formula is C19H17N3O5S. The third kappa shape index (κ3) is 3.94. The minimum Gasteiger partial charge on any atom is -0.493 e. The van der Waals surface area contributed by atoms with Crippen molar-refractivity contribution >= 4 is 28.1 Å². The average molecular weight is 399 g/mol. The predicted molar refractivity (Wildman–Crippen MR) is 106 cm³/mol. The zero-order valence-electron chi connectivity index (χ0n) is 15.4. The van der Waals surface area contributed by atoms with Crippen LogP contribution in [0, 0.1) is 17.0 Å². The molecule has 0 aliphatic rings. The fourth-order valence-electron chi connectivity index (χ4n) is 2.58. The molecular weight excluding hydrogens is 382 g/mol. The van der Waals surface area contributed by atoms with Gasteiger partial charge in [-0.05, 0) is 31.2 Å². The van der Waals surface area contributed by atoms with Gasteiger partial charge in [-0.25, -0.2) is 4.98 Å². The van der Waals surface area contributed by atoms with E-state index >= 15 is 0 Å². The molecule has 0 fully saturated rings. The minimum atomic E-state index is -0.509. The van der Waals surface area contributed by atoms with Crippen LogP contribution in [0.15, 0.2) is 41.8 Å². The van der Waals surface area contributed by atoms with Gasteiger partial charge >= 0.3 is 0 Å². The molecule has 1 N–H and O–H groups in total. The second-order valence-corrected chi connectivity index (χ2v) is 6.68. The van der Waals surface area contributed by atoms with Crippen molar-refractivity contribution < 1.29 is 19.2 Å². The highest BCUT2D eigenvalue weighted by Gasteiger charge is 2.16. The van der Waals surface area contributed by atoms with E-state index in [2.05, 4.69) is 10.3 Å². The maximum Gasteiger partial charge on any atom is 0.273 e. The molecule has 0 radical (unpaired) electrons. The summed E-state index contributed by atoms with van der Waals surface area (Å²) in [6, 6.07) is 9.75. The number of aromatic nitrogens is 1. The van der Waals surface area contributed by atoms with Crippen LogP contribution >= 0.6 is 11.3 Å². The Morgan fingerprint density at radius 2 is 1.89 bits per heavy atom. The molecule has 0 unspecified atom stereocenters. The van der Waals surface area contributed by atoms with Gasteiger partial charge in [-0.3, -0.25) is 20.2 Å². The minimum absolute atomic E-state index is 0.0993. The number of nitro groups is 1. The number of nitro benzene ring substituents is 1. The van der Waals surface area contributed by atoms with Crippen molar-refractivity contribution in [1.82, 2.24) is 4.98 Å². The lowest BCUT2D eigenvalue weighted by molar-refractivity contribution is -0.385. The summed E-state index contributed by atoms with van der Waals surface area (Å²) in [5.74, 6) is 0.720. The van der Waals surface area contributed by atoms with E-state index in [1.165, 1.54) is 17.4 Å². The van der Waals surface area contributed by atoms with Crippen LogP contribution < -0.4 is 14.8 Å². The zero-order chi connectivity index (χ0) is 20.3. The maximum absolute atomic E-state index is 12.4. The number of rotatable bonds is 6. The molecule has 0 spiro atoms. The molecule has 3 rings (SSSR count). The van der Waals surface area contributed by atoms with E-state index in [9.17, 15) is 14.9 Å². The van der Waals surface area contributed by atoms with Gasteiger partial charge in [0.2, 0.25) is 0 Å². The standard InChI is InChI=1S/C19H17N3O5S/c1-11-4-5-13(8-15(11)22(24)25)18(23)21-19-20-14(10-28-19)12-6-7-16(26-2)17(9-12)27-3/h4-10H,1-3H3,(H,20,21,23). The summed E-state index contributed by atoms with van der Waals surface area (Å²) in [6.45, 7) is 1.62. The lowest BCUT2D eigenvalue weighted by Crippen LogP contribution is -2.12. The topological polar surface area (TPSA) is 104 Å². The van der Waals surface area contributed by atoms with Crippen molar-refractivity contribution in [1.29, 1.82) is 0 Å². The van der Waals surface area contributed by atoms with E-state index in [0.717, 1.165) is 5.56 Å². The smallest absolute Gasteiger partial charge is 0.273 e. The van der Waals surface area contributed by atoms with Crippen molar-refractivity contribution in [3.63, 3.8) is 0 Å². The van der Waals surface area contributed by atoms with E-state index in [1.807, 2.05) is 6.07 Å². The van der Waals surface area contributed by atoms with Gasteiger partial charge in [-0.15, -0.1) is 11.3 Å². The summed E-state index contributed by atoms with van der Waals surface area (Å²) in [7, 11) is 3.11. The Hall–Kier alpha value is -3.46. The van der Waals surface area contributed by atoms with Crippen LogP contribution in [-0.4, -0.2) is 30.0 Å². The monoisotopic (exact) mass is 399 g/mol. The number of hydrogen-bond donors (Lipinski definition) is 1. The Balaban J connectivity index is 1.81. The number of aryl methyl sites for hydroxylation is 1. The van der Waals surface area contributed by atoms with E-state index in [-0.39, 0.29) is 11.3 Å². The van der Waals surface area contributed by atoms with Crippen LogP contribution in [0.4, 0.5) is 10.8 Å². The number of methoxy groups -OCH3 is 2.